The second-order valence-electron chi connectivity index (χ2n) is 8.25. The lowest BCUT2D eigenvalue weighted by molar-refractivity contribution is 0.0433. The first-order chi connectivity index (χ1) is 15.5. The SMILES string of the molecule is CCCCCCCCCCCCOC(=O)c1c(N)cccc1C(=O)OCCN(CC)CC. The third-order valence-corrected chi connectivity index (χ3v) is 5.79. The van der Waals surface area contributed by atoms with Gasteiger partial charge in [0.15, 0.2) is 0 Å². The zero-order chi connectivity index (χ0) is 23.6. The van der Waals surface area contributed by atoms with Gasteiger partial charge in [0.2, 0.25) is 0 Å². The Labute approximate surface area is 194 Å². The van der Waals surface area contributed by atoms with Gasteiger partial charge in [-0.05, 0) is 31.6 Å². The van der Waals surface area contributed by atoms with Crippen LogP contribution < -0.4 is 5.73 Å². The molecule has 0 bridgehead atoms. The van der Waals surface area contributed by atoms with E-state index in [1.54, 1.807) is 18.2 Å². The minimum atomic E-state index is -0.560. The summed E-state index contributed by atoms with van der Waals surface area (Å²) in [5.41, 5.74) is 6.49. The molecule has 0 spiro atoms. The van der Waals surface area contributed by atoms with Crippen molar-refractivity contribution in [1.82, 2.24) is 4.90 Å². The molecule has 182 valence electrons. The first-order valence-corrected chi connectivity index (χ1v) is 12.5. The van der Waals surface area contributed by atoms with Crippen molar-refractivity contribution in [2.24, 2.45) is 0 Å². The lowest BCUT2D eigenvalue weighted by Crippen LogP contribution is -2.28. The van der Waals surface area contributed by atoms with Crippen molar-refractivity contribution in [3.8, 4) is 0 Å². The molecular weight excluding hydrogens is 404 g/mol. The molecule has 0 saturated heterocycles. The fourth-order valence-electron chi connectivity index (χ4n) is 3.68. The molecule has 1 aromatic carbocycles. The number of anilines is 1. The molecule has 0 aliphatic carbocycles. The molecule has 6 heteroatoms. The maximum absolute atomic E-state index is 12.6. The van der Waals surface area contributed by atoms with Crippen LogP contribution >= 0.6 is 0 Å². The van der Waals surface area contributed by atoms with Gasteiger partial charge in [0.25, 0.3) is 0 Å². The molecule has 0 unspecified atom stereocenters. The number of carbonyl (C=O) groups is 2. The first-order valence-electron chi connectivity index (χ1n) is 12.5. The van der Waals surface area contributed by atoms with Crippen molar-refractivity contribution in [3.05, 3.63) is 29.3 Å². The molecule has 0 saturated carbocycles. The number of rotatable bonds is 18. The van der Waals surface area contributed by atoms with Crippen molar-refractivity contribution in [2.75, 3.05) is 38.6 Å². The topological polar surface area (TPSA) is 81.9 Å². The minimum Gasteiger partial charge on any atom is -0.462 e. The Morgan fingerprint density at radius 2 is 1.34 bits per heavy atom. The molecule has 0 atom stereocenters. The average molecular weight is 449 g/mol. The van der Waals surface area contributed by atoms with Crippen LogP contribution in [0.3, 0.4) is 0 Å². The lowest BCUT2D eigenvalue weighted by Gasteiger charge is -2.18. The normalized spacial score (nSPS) is 11.0. The Hall–Kier alpha value is -2.08. The zero-order valence-corrected chi connectivity index (χ0v) is 20.5. The van der Waals surface area contributed by atoms with Gasteiger partial charge in [-0.15, -0.1) is 0 Å². The van der Waals surface area contributed by atoms with Crippen LogP contribution in [-0.4, -0.2) is 49.7 Å². The summed E-state index contributed by atoms with van der Waals surface area (Å²) in [5.74, 6) is -1.11. The van der Waals surface area contributed by atoms with Crippen molar-refractivity contribution < 1.29 is 19.1 Å². The molecule has 0 aliphatic heterocycles. The molecule has 0 fully saturated rings. The van der Waals surface area contributed by atoms with E-state index in [9.17, 15) is 9.59 Å². The van der Waals surface area contributed by atoms with Crippen LogP contribution in [0.25, 0.3) is 0 Å². The van der Waals surface area contributed by atoms with E-state index in [1.165, 1.54) is 44.9 Å². The number of unbranched alkanes of at least 4 members (excludes halogenated alkanes) is 9. The number of esters is 2. The number of nitrogens with zero attached hydrogens (tertiary/aromatic N) is 1. The monoisotopic (exact) mass is 448 g/mol. The number of nitrogens with two attached hydrogens (primary N) is 1. The molecule has 0 aliphatic rings. The molecule has 0 amide bonds. The van der Waals surface area contributed by atoms with Gasteiger partial charge in [-0.3, -0.25) is 0 Å². The molecule has 2 N–H and O–H groups in total. The maximum Gasteiger partial charge on any atom is 0.341 e. The smallest absolute Gasteiger partial charge is 0.341 e. The van der Waals surface area contributed by atoms with E-state index < -0.39 is 11.9 Å². The summed E-state index contributed by atoms with van der Waals surface area (Å²) in [7, 11) is 0. The van der Waals surface area contributed by atoms with Crippen LogP contribution in [-0.2, 0) is 9.47 Å². The van der Waals surface area contributed by atoms with Gasteiger partial charge in [0, 0.05) is 12.2 Å². The third kappa shape index (κ3) is 11.0. The van der Waals surface area contributed by atoms with Crippen LogP contribution in [0.4, 0.5) is 5.69 Å². The molecule has 0 radical (unpaired) electrons. The highest BCUT2D eigenvalue weighted by Crippen LogP contribution is 2.20. The van der Waals surface area contributed by atoms with Gasteiger partial charge in [0.1, 0.15) is 6.61 Å². The second-order valence-corrected chi connectivity index (χ2v) is 8.25. The highest BCUT2D eigenvalue weighted by molar-refractivity contribution is 6.06. The Bertz CT molecular complexity index is 659. The summed E-state index contributed by atoms with van der Waals surface area (Å²) in [4.78, 5) is 27.3. The molecule has 0 aromatic heterocycles. The van der Waals surface area contributed by atoms with Crippen molar-refractivity contribution in [2.45, 2.75) is 85.0 Å². The Morgan fingerprint density at radius 3 is 1.94 bits per heavy atom. The number of carbonyl (C=O) groups excluding carboxylic acids is 2. The third-order valence-electron chi connectivity index (χ3n) is 5.79. The number of hydrogen-bond donors (Lipinski definition) is 1. The molecule has 1 rings (SSSR count). The summed E-state index contributed by atoms with van der Waals surface area (Å²) < 4.78 is 10.8. The van der Waals surface area contributed by atoms with Gasteiger partial charge in [-0.1, -0.05) is 84.6 Å². The van der Waals surface area contributed by atoms with E-state index in [4.69, 9.17) is 15.2 Å². The van der Waals surface area contributed by atoms with Gasteiger partial charge >= 0.3 is 11.9 Å². The fraction of sp³-hybridized carbons (Fsp3) is 0.692. The van der Waals surface area contributed by atoms with Crippen molar-refractivity contribution in [3.63, 3.8) is 0 Å². The summed E-state index contributed by atoms with van der Waals surface area (Å²) in [6.45, 7) is 9.39. The highest BCUT2D eigenvalue weighted by atomic mass is 16.5. The second kappa shape index (κ2) is 17.5. The first kappa shape index (κ1) is 28.0. The van der Waals surface area contributed by atoms with Gasteiger partial charge < -0.3 is 20.1 Å². The summed E-state index contributed by atoms with van der Waals surface area (Å²) in [6.07, 6.45) is 12.1. The minimum absolute atomic E-state index is 0.104. The number of ether oxygens (including phenoxy) is 2. The molecule has 32 heavy (non-hydrogen) atoms. The summed E-state index contributed by atoms with van der Waals surface area (Å²) in [6, 6.07) is 4.81. The lowest BCUT2D eigenvalue weighted by atomic mass is 10.1. The molecule has 0 heterocycles. The van der Waals surface area contributed by atoms with Crippen LogP contribution in [0.1, 0.15) is 106 Å². The predicted molar refractivity (Wildman–Crippen MR) is 131 cm³/mol. The summed E-state index contributed by atoms with van der Waals surface area (Å²) in [5, 5.41) is 0. The number of nitrogen functional groups attached to an aromatic ring is 1. The highest BCUT2D eigenvalue weighted by Gasteiger charge is 2.22. The van der Waals surface area contributed by atoms with Crippen LogP contribution in [0.15, 0.2) is 18.2 Å². The van der Waals surface area contributed by atoms with Gasteiger partial charge in [0.05, 0.1) is 17.7 Å². The Balaban J connectivity index is 2.39. The number of benzene rings is 1. The van der Waals surface area contributed by atoms with E-state index in [0.717, 1.165) is 32.4 Å². The maximum atomic E-state index is 12.6. The molecule has 1 aromatic rings. The number of hydrogen-bond acceptors (Lipinski definition) is 6. The standard InChI is InChI=1S/C26H44N2O4/c1-4-7-8-9-10-11-12-13-14-15-20-31-26(30)24-22(17-16-18-23(24)27)25(29)32-21-19-28(5-2)6-3/h16-18H,4-15,19-21,27H2,1-3H3. The summed E-state index contributed by atoms with van der Waals surface area (Å²) >= 11 is 0. The largest absolute Gasteiger partial charge is 0.462 e. The van der Waals surface area contributed by atoms with Crippen molar-refractivity contribution >= 4 is 17.6 Å². The molecular formula is C26H44N2O4. The predicted octanol–water partition coefficient (Wildman–Crippen LogP) is 5.85. The van der Waals surface area contributed by atoms with Crippen LogP contribution in [0.5, 0.6) is 0 Å². The number of likely N-dealkylation sites (N-methyl/N-ethyl adjacent to an activating group) is 1. The van der Waals surface area contributed by atoms with Gasteiger partial charge in [-0.2, -0.15) is 0 Å². The van der Waals surface area contributed by atoms with Gasteiger partial charge in [-0.25, -0.2) is 9.59 Å². The molecule has 6 nitrogen and oxygen atoms in total. The van der Waals surface area contributed by atoms with E-state index in [0.29, 0.717) is 13.2 Å². The van der Waals surface area contributed by atoms with E-state index in [-0.39, 0.29) is 23.4 Å². The zero-order valence-electron chi connectivity index (χ0n) is 20.5. The Kier molecular flexibility index (Phi) is 15.3. The quantitative estimate of drug-likeness (QED) is 0.172. The fourth-order valence-corrected chi connectivity index (χ4v) is 3.68. The van der Waals surface area contributed by atoms with Crippen LogP contribution in [0.2, 0.25) is 0 Å². The van der Waals surface area contributed by atoms with E-state index in [1.807, 2.05) is 0 Å². The Morgan fingerprint density at radius 1 is 0.781 bits per heavy atom. The average Bonchev–Trinajstić information content (AvgIpc) is 2.79. The van der Waals surface area contributed by atoms with Crippen LogP contribution in [0, 0.1) is 0 Å². The van der Waals surface area contributed by atoms with E-state index >= 15 is 0 Å². The van der Waals surface area contributed by atoms with Crippen molar-refractivity contribution in [1.29, 1.82) is 0 Å². The van der Waals surface area contributed by atoms with E-state index in [2.05, 4.69) is 25.7 Å².